The highest BCUT2D eigenvalue weighted by Gasteiger charge is 2.32. The lowest BCUT2D eigenvalue weighted by molar-refractivity contribution is -0.0749. The number of nitriles is 1. The number of hydrogen-bond acceptors (Lipinski definition) is 3. The summed E-state index contributed by atoms with van der Waals surface area (Å²) in [6.07, 6.45) is 0.156. The van der Waals surface area contributed by atoms with Crippen LogP contribution in [0, 0.1) is 11.3 Å². The fourth-order valence-electron chi connectivity index (χ4n) is 2.67. The normalized spacial score (nSPS) is 22.1. The Bertz CT molecular complexity index is 507. The number of morpholine rings is 1. The highest BCUT2D eigenvalue weighted by Crippen LogP contribution is 2.29. The van der Waals surface area contributed by atoms with Gasteiger partial charge in [0.05, 0.1) is 23.0 Å². The number of halogens is 1. The molecule has 0 spiro atoms. The van der Waals surface area contributed by atoms with Crippen LogP contribution in [0.1, 0.15) is 31.9 Å². The second kappa shape index (κ2) is 5.40. The molecule has 19 heavy (non-hydrogen) atoms. The minimum atomic E-state index is -0.199. The molecule has 1 saturated heterocycles. The third-order valence-electron chi connectivity index (χ3n) is 3.25. The monoisotopic (exact) mass is 278 g/mol. The Morgan fingerprint density at radius 3 is 2.84 bits per heavy atom. The summed E-state index contributed by atoms with van der Waals surface area (Å²) in [6.45, 7) is 7.81. The molecule has 0 bridgehead atoms. The van der Waals surface area contributed by atoms with Gasteiger partial charge in [0, 0.05) is 19.0 Å². The minimum absolute atomic E-state index is 0.156. The maximum atomic E-state index is 9.31. The van der Waals surface area contributed by atoms with Gasteiger partial charge in [0.1, 0.15) is 6.07 Å². The molecule has 0 radical (unpaired) electrons. The zero-order valence-corrected chi connectivity index (χ0v) is 12.4. The lowest BCUT2D eigenvalue weighted by Crippen LogP contribution is -2.52. The van der Waals surface area contributed by atoms with E-state index in [4.69, 9.17) is 16.3 Å². The van der Waals surface area contributed by atoms with Crippen LogP contribution in [0.25, 0.3) is 0 Å². The van der Waals surface area contributed by atoms with Crippen molar-refractivity contribution >= 4 is 17.3 Å². The molecule has 0 N–H and O–H groups in total. The Morgan fingerprint density at radius 2 is 2.26 bits per heavy atom. The predicted molar refractivity (Wildman–Crippen MR) is 77.6 cm³/mol. The molecule has 102 valence electrons. The molecule has 2 rings (SSSR count). The summed E-state index contributed by atoms with van der Waals surface area (Å²) < 4.78 is 5.90. The van der Waals surface area contributed by atoms with Gasteiger partial charge in [-0.1, -0.05) is 6.07 Å². The molecule has 1 aromatic carbocycles. The van der Waals surface area contributed by atoms with Crippen molar-refractivity contribution < 1.29 is 4.74 Å². The smallest absolute Gasteiger partial charge is 0.101 e. The molecule has 1 fully saturated rings. The van der Waals surface area contributed by atoms with Gasteiger partial charge >= 0.3 is 0 Å². The van der Waals surface area contributed by atoms with Gasteiger partial charge in [-0.2, -0.15) is 5.26 Å². The molecule has 4 heteroatoms. The Kier molecular flexibility index (Phi) is 4.03. The lowest BCUT2D eigenvalue weighted by Gasteiger charge is -2.43. The third-order valence-corrected chi connectivity index (χ3v) is 3.55. The first-order valence-electron chi connectivity index (χ1n) is 6.47. The molecule has 1 atom stereocenters. The van der Waals surface area contributed by atoms with Crippen molar-refractivity contribution in [3.05, 3.63) is 29.3 Å². The fourth-order valence-corrected chi connectivity index (χ4v) is 2.84. The molecule has 1 unspecified atom stereocenters. The van der Waals surface area contributed by atoms with E-state index in [2.05, 4.69) is 31.7 Å². The van der Waals surface area contributed by atoms with Crippen LogP contribution in [0.3, 0.4) is 0 Å². The quantitative estimate of drug-likeness (QED) is 0.779. The van der Waals surface area contributed by atoms with Gasteiger partial charge in [0.15, 0.2) is 0 Å². The van der Waals surface area contributed by atoms with Gasteiger partial charge < -0.3 is 9.64 Å². The van der Waals surface area contributed by atoms with Gasteiger partial charge in [-0.25, -0.2) is 0 Å². The van der Waals surface area contributed by atoms with Gasteiger partial charge in [-0.3, -0.25) is 0 Å². The summed E-state index contributed by atoms with van der Waals surface area (Å²) in [5.41, 5.74) is 2.43. The number of hydrogen-bond donors (Lipinski definition) is 0. The summed E-state index contributed by atoms with van der Waals surface area (Å²) in [6, 6.07) is 8.11. The molecule has 1 aliphatic rings. The van der Waals surface area contributed by atoms with Crippen molar-refractivity contribution in [2.45, 2.75) is 38.4 Å². The standard InChI is InChI=1S/C15H19ClN2O/c1-11-9-18(10-15(2,3)19-11)14-5-4-12(7-16)6-13(14)8-17/h4-6,11H,7,9-10H2,1-3H3. The van der Waals surface area contributed by atoms with Gasteiger partial charge in [0.25, 0.3) is 0 Å². The zero-order valence-electron chi connectivity index (χ0n) is 11.6. The van der Waals surface area contributed by atoms with Gasteiger partial charge in [0.2, 0.25) is 0 Å². The molecule has 0 aliphatic carbocycles. The van der Waals surface area contributed by atoms with E-state index in [0.29, 0.717) is 11.4 Å². The van der Waals surface area contributed by atoms with Crippen LogP contribution in [0.2, 0.25) is 0 Å². The van der Waals surface area contributed by atoms with Crippen molar-refractivity contribution in [1.29, 1.82) is 5.26 Å². The Balaban J connectivity index is 2.33. The van der Waals surface area contributed by atoms with E-state index >= 15 is 0 Å². The van der Waals surface area contributed by atoms with E-state index in [1.807, 2.05) is 18.2 Å². The Hall–Kier alpha value is -1.24. The largest absolute Gasteiger partial charge is 0.369 e. The molecule has 1 aliphatic heterocycles. The van der Waals surface area contributed by atoms with Crippen LogP contribution < -0.4 is 4.90 Å². The minimum Gasteiger partial charge on any atom is -0.369 e. The number of alkyl halides is 1. The van der Waals surface area contributed by atoms with Crippen molar-refractivity contribution in [3.63, 3.8) is 0 Å². The lowest BCUT2D eigenvalue weighted by atomic mass is 10.0. The molecule has 0 aromatic heterocycles. The van der Waals surface area contributed by atoms with Gasteiger partial charge in [-0.05, 0) is 38.5 Å². The van der Waals surface area contributed by atoms with E-state index in [0.717, 1.165) is 24.3 Å². The average Bonchev–Trinajstić information content (AvgIpc) is 2.35. The molecular weight excluding hydrogens is 260 g/mol. The van der Waals surface area contributed by atoms with E-state index in [1.54, 1.807) is 0 Å². The van der Waals surface area contributed by atoms with E-state index in [1.165, 1.54) is 0 Å². The number of nitrogens with zero attached hydrogens (tertiary/aromatic N) is 2. The molecule has 0 saturated carbocycles. The molecule has 0 amide bonds. The van der Waals surface area contributed by atoms with Crippen LogP contribution in [-0.2, 0) is 10.6 Å². The maximum absolute atomic E-state index is 9.31. The summed E-state index contributed by atoms with van der Waals surface area (Å²) in [7, 11) is 0. The van der Waals surface area contributed by atoms with Crippen LogP contribution in [0.4, 0.5) is 5.69 Å². The van der Waals surface area contributed by atoms with E-state index in [-0.39, 0.29) is 11.7 Å². The number of ether oxygens (including phenoxy) is 1. The summed E-state index contributed by atoms with van der Waals surface area (Å²) in [5.74, 6) is 0.431. The van der Waals surface area contributed by atoms with Gasteiger partial charge in [-0.15, -0.1) is 11.6 Å². The van der Waals surface area contributed by atoms with Crippen molar-refractivity contribution in [1.82, 2.24) is 0 Å². The van der Waals surface area contributed by atoms with E-state index in [9.17, 15) is 5.26 Å². The second-order valence-electron chi connectivity index (χ2n) is 5.67. The first kappa shape index (κ1) is 14.2. The Morgan fingerprint density at radius 1 is 1.53 bits per heavy atom. The van der Waals surface area contributed by atoms with Crippen LogP contribution in [0.5, 0.6) is 0 Å². The number of benzene rings is 1. The molecule has 3 nitrogen and oxygen atoms in total. The maximum Gasteiger partial charge on any atom is 0.101 e. The topological polar surface area (TPSA) is 36.3 Å². The van der Waals surface area contributed by atoms with Crippen molar-refractivity contribution in [2.24, 2.45) is 0 Å². The van der Waals surface area contributed by atoms with Crippen LogP contribution >= 0.6 is 11.6 Å². The molecule has 1 aromatic rings. The summed E-state index contributed by atoms with van der Waals surface area (Å²) >= 11 is 5.82. The highest BCUT2D eigenvalue weighted by atomic mass is 35.5. The fraction of sp³-hybridized carbons (Fsp3) is 0.533. The Labute approximate surface area is 119 Å². The SMILES string of the molecule is CC1CN(c2ccc(CCl)cc2C#N)CC(C)(C)O1. The summed E-state index contributed by atoms with van der Waals surface area (Å²) in [4.78, 5) is 2.23. The first-order chi connectivity index (χ1) is 8.95. The predicted octanol–water partition coefficient (Wildman–Crippen LogP) is 3.30. The third kappa shape index (κ3) is 3.20. The van der Waals surface area contributed by atoms with Crippen molar-refractivity contribution in [3.8, 4) is 6.07 Å². The van der Waals surface area contributed by atoms with Crippen molar-refractivity contribution in [2.75, 3.05) is 18.0 Å². The molecule has 1 heterocycles. The number of rotatable bonds is 2. The zero-order chi connectivity index (χ0) is 14.0. The average molecular weight is 279 g/mol. The molecular formula is C15H19ClN2O. The van der Waals surface area contributed by atoms with Crippen LogP contribution in [0.15, 0.2) is 18.2 Å². The summed E-state index contributed by atoms with van der Waals surface area (Å²) in [5, 5.41) is 9.31. The highest BCUT2D eigenvalue weighted by molar-refractivity contribution is 6.17. The number of anilines is 1. The van der Waals surface area contributed by atoms with Crippen LogP contribution in [-0.4, -0.2) is 24.8 Å². The second-order valence-corrected chi connectivity index (χ2v) is 5.93. The first-order valence-corrected chi connectivity index (χ1v) is 7.00. The van der Waals surface area contributed by atoms with E-state index < -0.39 is 0 Å².